The molecule has 0 saturated carbocycles. The standard InChI is InChI=1S/C14H14BrFN6/c1-20-2-4-21(5-3-20)14-19-12-7-10(15)11(16)6-9(12)13-17-8-18-22(13)14/h6-8H,2-5H2,1H3. The number of aromatic nitrogens is 4. The number of halogens is 2. The molecule has 1 aliphatic rings. The summed E-state index contributed by atoms with van der Waals surface area (Å²) in [6.45, 7) is 3.71. The first kappa shape index (κ1) is 13.8. The number of hydrogen-bond donors (Lipinski definition) is 0. The van der Waals surface area contributed by atoms with Crippen molar-refractivity contribution in [2.75, 3.05) is 38.1 Å². The Morgan fingerprint density at radius 1 is 1.18 bits per heavy atom. The fourth-order valence-electron chi connectivity index (χ4n) is 2.75. The van der Waals surface area contributed by atoms with Crippen molar-refractivity contribution in [2.45, 2.75) is 0 Å². The predicted molar refractivity (Wildman–Crippen MR) is 85.7 cm³/mol. The summed E-state index contributed by atoms with van der Waals surface area (Å²) in [7, 11) is 2.11. The highest BCUT2D eigenvalue weighted by Crippen LogP contribution is 2.27. The summed E-state index contributed by atoms with van der Waals surface area (Å²) in [6, 6.07) is 3.14. The van der Waals surface area contributed by atoms with E-state index in [0.717, 1.165) is 32.1 Å². The summed E-state index contributed by atoms with van der Waals surface area (Å²) in [5.74, 6) is 0.429. The van der Waals surface area contributed by atoms with Gasteiger partial charge in [-0.25, -0.2) is 14.4 Å². The first-order valence-electron chi connectivity index (χ1n) is 7.05. The molecule has 0 aliphatic carbocycles. The van der Waals surface area contributed by atoms with Gasteiger partial charge in [-0.1, -0.05) is 0 Å². The predicted octanol–water partition coefficient (Wildman–Crippen LogP) is 1.93. The summed E-state index contributed by atoms with van der Waals surface area (Å²) >= 11 is 3.22. The van der Waals surface area contributed by atoms with Crippen molar-refractivity contribution in [3.05, 3.63) is 28.7 Å². The van der Waals surface area contributed by atoms with Crippen LogP contribution in [0.15, 0.2) is 22.9 Å². The molecule has 0 unspecified atom stereocenters. The molecule has 0 amide bonds. The minimum atomic E-state index is -0.327. The number of fused-ring (bicyclic) bond motifs is 3. The summed E-state index contributed by atoms with van der Waals surface area (Å²) < 4.78 is 15.9. The molecule has 1 saturated heterocycles. The van der Waals surface area contributed by atoms with E-state index in [1.807, 2.05) is 0 Å². The van der Waals surface area contributed by atoms with Crippen molar-refractivity contribution in [3.63, 3.8) is 0 Å². The lowest BCUT2D eigenvalue weighted by Gasteiger charge is -2.33. The van der Waals surface area contributed by atoms with Gasteiger partial charge in [0.2, 0.25) is 5.95 Å². The number of benzene rings is 1. The second-order valence-corrected chi connectivity index (χ2v) is 6.34. The Bertz CT molecular complexity index is 855. The van der Waals surface area contributed by atoms with E-state index in [1.165, 1.54) is 12.4 Å². The van der Waals surface area contributed by atoms with Crippen LogP contribution in [-0.4, -0.2) is 57.7 Å². The van der Waals surface area contributed by atoms with E-state index in [4.69, 9.17) is 4.98 Å². The highest BCUT2D eigenvalue weighted by Gasteiger charge is 2.20. The second-order valence-electron chi connectivity index (χ2n) is 5.48. The quantitative estimate of drug-likeness (QED) is 0.660. The number of anilines is 1. The van der Waals surface area contributed by atoms with Gasteiger partial charge in [-0.05, 0) is 35.1 Å². The molecule has 0 atom stereocenters. The maximum absolute atomic E-state index is 13.8. The molecule has 2 aromatic heterocycles. The molecular formula is C14H14BrFN6. The van der Waals surface area contributed by atoms with Crippen molar-refractivity contribution in [1.82, 2.24) is 24.5 Å². The molecule has 6 nitrogen and oxygen atoms in total. The van der Waals surface area contributed by atoms with Crippen LogP contribution in [0.4, 0.5) is 10.3 Å². The van der Waals surface area contributed by atoms with Crippen LogP contribution in [0, 0.1) is 5.82 Å². The van der Waals surface area contributed by atoms with Crippen LogP contribution in [-0.2, 0) is 0 Å². The fourth-order valence-corrected chi connectivity index (χ4v) is 3.08. The Labute approximate surface area is 134 Å². The van der Waals surface area contributed by atoms with E-state index >= 15 is 0 Å². The first-order valence-corrected chi connectivity index (χ1v) is 7.85. The zero-order valence-electron chi connectivity index (χ0n) is 12.0. The Hall–Kier alpha value is -1.80. The summed E-state index contributed by atoms with van der Waals surface area (Å²) in [5, 5.41) is 4.93. The largest absolute Gasteiger partial charge is 0.338 e. The monoisotopic (exact) mass is 364 g/mol. The lowest BCUT2D eigenvalue weighted by Crippen LogP contribution is -2.45. The molecule has 0 radical (unpaired) electrons. The van der Waals surface area contributed by atoms with E-state index in [9.17, 15) is 4.39 Å². The molecule has 114 valence electrons. The topological polar surface area (TPSA) is 49.6 Å². The van der Waals surface area contributed by atoms with E-state index in [-0.39, 0.29) is 5.82 Å². The maximum Gasteiger partial charge on any atom is 0.229 e. The normalized spacial score (nSPS) is 16.8. The zero-order valence-corrected chi connectivity index (χ0v) is 13.6. The molecule has 0 bridgehead atoms. The molecule has 1 aliphatic heterocycles. The molecule has 0 spiro atoms. The zero-order chi connectivity index (χ0) is 15.3. The number of piperazine rings is 1. The van der Waals surface area contributed by atoms with Gasteiger partial charge in [0.1, 0.15) is 12.1 Å². The van der Waals surface area contributed by atoms with Gasteiger partial charge in [0.25, 0.3) is 0 Å². The third-order valence-electron chi connectivity index (χ3n) is 4.02. The van der Waals surface area contributed by atoms with Gasteiger partial charge in [-0.15, -0.1) is 0 Å². The first-order chi connectivity index (χ1) is 10.6. The smallest absolute Gasteiger partial charge is 0.229 e. The van der Waals surface area contributed by atoms with Crippen LogP contribution < -0.4 is 4.90 Å². The number of nitrogens with zero attached hydrogens (tertiary/aromatic N) is 6. The lowest BCUT2D eigenvalue weighted by atomic mass is 10.2. The summed E-state index contributed by atoms with van der Waals surface area (Å²) in [5.41, 5.74) is 1.34. The van der Waals surface area contributed by atoms with Crippen LogP contribution >= 0.6 is 15.9 Å². The van der Waals surface area contributed by atoms with Gasteiger partial charge < -0.3 is 9.80 Å². The Morgan fingerprint density at radius 3 is 2.73 bits per heavy atom. The molecule has 1 aromatic carbocycles. The minimum absolute atomic E-state index is 0.327. The molecule has 22 heavy (non-hydrogen) atoms. The molecule has 4 rings (SSSR count). The molecule has 3 aromatic rings. The highest BCUT2D eigenvalue weighted by molar-refractivity contribution is 9.10. The SMILES string of the molecule is CN1CCN(c2nc3cc(Br)c(F)cc3c3ncnn23)CC1. The van der Waals surface area contributed by atoms with E-state index in [1.54, 1.807) is 10.6 Å². The molecule has 3 heterocycles. The van der Waals surface area contributed by atoms with Crippen LogP contribution in [0.3, 0.4) is 0 Å². The Kier molecular flexibility index (Phi) is 3.23. The van der Waals surface area contributed by atoms with Crippen LogP contribution in [0.25, 0.3) is 16.6 Å². The lowest BCUT2D eigenvalue weighted by molar-refractivity contribution is 0.310. The fraction of sp³-hybridized carbons (Fsp3) is 0.357. The van der Waals surface area contributed by atoms with Gasteiger partial charge in [0.15, 0.2) is 5.65 Å². The number of rotatable bonds is 1. The third-order valence-corrected chi connectivity index (χ3v) is 4.63. The summed E-state index contributed by atoms with van der Waals surface area (Å²) in [6.07, 6.45) is 1.48. The van der Waals surface area contributed by atoms with E-state index < -0.39 is 0 Å². The van der Waals surface area contributed by atoms with Crippen LogP contribution in [0.1, 0.15) is 0 Å². The molecular weight excluding hydrogens is 351 g/mol. The van der Waals surface area contributed by atoms with Gasteiger partial charge >= 0.3 is 0 Å². The minimum Gasteiger partial charge on any atom is -0.338 e. The average Bonchev–Trinajstić information content (AvgIpc) is 2.99. The Morgan fingerprint density at radius 2 is 1.95 bits per heavy atom. The van der Waals surface area contributed by atoms with Crippen molar-refractivity contribution in [3.8, 4) is 0 Å². The van der Waals surface area contributed by atoms with Crippen LogP contribution in [0.5, 0.6) is 0 Å². The van der Waals surface area contributed by atoms with Gasteiger partial charge in [-0.2, -0.15) is 9.61 Å². The molecule has 0 N–H and O–H groups in total. The molecule has 1 fully saturated rings. The van der Waals surface area contributed by atoms with Gasteiger partial charge in [0.05, 0.1) is 9.99 Å². The maximum atomic E-state index is 13.8. The molecule has 8 heteroatoms. The van der Waals surface area contributed by atoms with Crippen LogP contribution in [0.2, 0.25) is 0 Å². The van der Waals surface area contributed by atoms with Gasteiger partial charge in [0, 0.05) is 31.6 Å². The van der Waals surface area contributed by atoms with Crippen molar-refractivity contribution in [1.29, 1.82) is 0 Å². The second kappa shape index (κ2) is 5.13. The van der Waals surface area contributed by atoms with E-state index in [0.29, 0.717) is 21.0 Å². The third kappa shape index (κ3) is 2.14. The average molecular weight is 365 g/mol. The van der Waals surface area contributed by atoms with Crippen molar-refractivity contribution in [2.24, 2.45) is 0 Å². The summed E-state index contributed by atoms with van der Waals surface area (Å²) in [4.78, 5) is 13.5. The van der Waals surface area contributed by atoms with Crippen molar-refractivity contribution >= 4 is 38.4 Å². The van der Waals surface area contributed by atoms with E-state index in [2.05, 4.69) is 42.9 Å². The van der Waals surface area contributed by atoms with Gasteiger partial charge in [-0.3, -0.25) is 0 Å². The highest BCUT2D eigenvalue weighted by atomic mass is 79.9. The van der Waals surface area contributed by atoms with Crippen molar-refractivity contribution < 1.29 is 4.39 Å². The number of likely N-dealkylation sites (N-methyl/N-ethyl adjacent to an activating group) is 1. The Balaban J connectivity index is 1.93. The number of hydrogen-bond acceptors (Lipinski definition) is 5.